The number of alkyl carbamates (subject to hydrolysis) is 1. The summed E-state index contributed by atoms with van der Waals surface area (Å²) in [4.78, 5) is 11.8. The second-order valence-corrected chi connectivity index (χ2v) is 6.91. The predicted molar refractivity (Wildman–Crippen MR) is 94.6 cm³/mol. The second kappa shape index (κ2) is 4.18. The average molecular weight is 313 g/mol. The Morgan fingerprint density at radius 3 is 2.62 bits per heavy atom. The molecule has 2 aliphatic rings. The maximum absolute atomic E-state index is 11.8. The third-order valence-electron chi connectivity index (χ3n) is 5.69. The number of hydrogen-bond donors (Lipinski definition) is 1. The van der Waals surface area contributed by atoms with Gasteiger partial charge in [0.25, 0.3) is 0 Å². The molecule has 1 aliphatic carbocycles. The number of ether oxygens (including phenoxy) is 1. The molecule has 1 saturated heterocycles. The van der Waals surface area contributed by atoms with Crippen LogP contribution in [-0.2, 0) is 11.2 Å². The quantitative estimate of drug-likeness (QED) is 0.479. The van der Waals surface area contributed by atoms with Crippen LogP contribution in [0, 0.1) is 0 Å². The van der Waals surface area contributed by atoms with E-state index < -0.39 is 0 Å². The Morgan fingerprint density at radius 2 is 1.75 bits per heavy atom. The molecule has 0 aromatic heterocycles. The molecule has 4 aromatic rings. The summed E-state index contributed by atoms with van der Waals surface area (Å²) < 4.78 is 5.46. The Morgan fingerprint density at radius 1 is 0.958 bits per heavy atom. The van der Waals surface area contributed by atoms with Gasteiger partial charge < -0.3 is 10.1 Å². The normalized spacial score (nSPS) is 22.6. The number of rotatable bonds is 0. The number of carbonyl (C=O) groups excluding carboxylic acids is 1. The first kappa shape index (κ1) is 12.6. The van der Waals surface area contributed by atoms with Gasteiger partial charge in [-0.15, -0.1) is 0 Å². The second-order valence-electron chi connectivity index (χ2n) is 6.91. The highest BCUT2D eigenvalue weighted by Gasteiger charge is 2.40. The van der Waals surface area contributed by atoms with E-state index in [4.69, 9.17) is 4.74 Å². The van der Waals surface area contributed by atoms with Crippen LogP contribution in [0.4, 0.5) is 4.79 Å². The van der Waals surface area contributed by atoms with Gasteiger partial charge in [0.2, 0.25) is 0 Å². The van der Waals surface area contributed by atoms with Crippen molar-refractivity contribution in [2.24, 2.45) is 0 Å². The van der Waals surface area contributed by atoms with Crippen LogP contribution in [-0.4, -0.2) is 12.2 Å². The van der Waals surface area contributed by atoms with Crippen molar-refractivity contribution in [2.75, 3.05) is 0 Å². The summed E-state index contributed by atoms with van der Waals surface area (Å²) in [6, 6.07) is 17.6. The van der Waals surface area contributed by atoms with Gasteiger partial charge in [-0.3, -0.25) is 0 Å². The van der Waals surface area contributed by atoms with E-state index in [1.807, 2.05) is 0 Å². The molecule has 1 amide bonds. The van der Waals surface area contributed by atoms with Crippen molar-refractivity contribution < 1.29 is 9.53 Å². The van der Waals surface area contributed by atoms with E-state index in [1.165, 1.54) is 43.4 Å². The van der Waals surface area contributed by atoms with E-state index in [0.717, 1.165) is 12.8 Å². The summed E-state index contributed by atoms with van der Waals surface area (Å²) in [5.41, 5.74) is 2.59. The Balaban J connectivity index is 1.80. The number of benzene rings is 4. The van der Waals surface area contributed by atoms with E-state index in [0.29, 0.717) is 0 Å². The molecule has 3 heteroatoms. The third kappa shape index (κ3) is 1.45. The molecular weight excluding hydrogens is 298 g/mol. The summed E-state index contributed by atoms with van der Waals surface area (Å²) in [6.07, 6.45) is 1.53. The average Bonchev–Trinajstić information content (AvgIpc) is 2.99. The summed E-state index contributed by atoms with van der Waals surface area (Å²) in [5, 5.41) is 10.7. The fourth-order valence-electron chi connectivity index (χ4n) is 4.71. The number of nitrogens with one attached hydrogen (secondary N) is 1. The molecular formula is C21H15NO2. The van der Waals surface area contributed by atoms with E-state index in [9.17, 15) is 4.79 Å². The van der Waals surface area contributed by atoms with Gasteiger partial charge >= 0.3 is 6.09 Å². The minimum atomic E-state index is -0.288. The summed E-state index contributed by atoms with van der Waals surface area (Å²) >= 11 is 0. The van der Waals surface area contributed by atoms with E-state index in [2.05, 4.69) is 53.8 Å². The van der Waals surface area contributed by atoms with Crippen molar-refractivity contribution in [2.45, 2.75) is 25.0 Å². The molecule has 3 nitrogen and oxygen atoms in total. The lowest BCUT2D eigenvalue weighted by atomic mass is 9.80. The van der Waals surface area contributed by atoms with Crippen LogP contribution >= 0.6 is 0 Å². The summed E-state index contributed by atoms with van der Waals surface area (Å²) in [5.74, 6) is 0. The zero-order chi connectivity index (χ0) is 15.8. The number of fused-ring (bicyclic) bond motifs is 4. The highest BCUT2D eigenvalue weighted by molar-refractivity contribution is 6.23. The fraction of sp³-hybridized carbons (Fsp3) is 0.190. The van der Waals surface area contributed by atoms with Crippen LogP contribution in [0.25, 0.3) is 32.3 Å². The smallest absolute Gasteiger partial charge is 0.408 e. The molecule has 0 spiro atoms. The molecule has 0 bridgehead atoms. The highest BCUT2D eigenvalue weighted by Crippen LogP contribution is 2.44. The Kier molecular flexibility index (Phi) is 2.19. The zero-order valence-corrected chi connectivity index (χ0v) is 13.0. The van der Waals surface area contributed by atoms with Gasteiger partial charge in [0.15, 0.2) is 0 Å². The highest BCUT2D eigenvalue weighted by atomic mass is 16.6. The standard InChI is InChI=1S/C21H15NO2/c23-21-22-20-16(24-21)9-7-14-10-13-5-4-11-2-1-3-12-6-8-15(19(14)20)18(13)17(11)12/h1-6,8,10,16,20H,7,9H2,(H,22,23)/t16-,20-/m1/s1. The van der Waals surface area contributed by atoms with Gasteiger partial charge in [0.05, 0.1) is 6.04 Å². The van der Waals surface area contributed by atoms with Crippen molar-refractivity contribution >= 4 is 38.4 Å². The van der Waals surface area contributed by atoms with Crippen LogP contribution in [0.5, 0.6) is 0 Å². The molecule has 1 N–H and O–H groups in total. The Labute approximate surface area is 138 Å². The molecule has 0 saturated carbocycles. The fourth-order valence-corrected chi connectivity index (χ4v) is 4.71. The topological polar surface area (TPSA) is 38.3 Å². The van der Waals surface area contributed by atoms with Gasteiger partial charge in [0, 0.05) is 0 Å². The lowest BCUT2D eigenvalue weighted by molar-refractivity contribution is 0.123. The maximum Gasteiger partial charge on any atom is 0.408 e. The number of carbonyl (C=O) groups is 1. The molecule has 0 radical (unpaired) electrons. The lowest BCUT2D eigenvalue weighted by Gasteiger charge is -2.28. The first-order valence-electron chi connectivity index (χ1n) is 8.46. The third-order valence-corrected chi connectivity index (χ3v) is 5.69. The first-order valence-corrected chi connectivity index (χ1v) is 8.46. The van der Waals surface area contributed by atoms with Gasteiger partial charge in [-0.25, -0.2) is 4.79 Å². The SMILES string of the molecule is O=C1N[C@H]2c3c(cc4ccc5cccc6ccc3c4c56)CC[C@H]2O1. The molecule has 1 heterocycles. The van der Waals surface area contributed by atoms with Crippen LogP contribution in [0.3, 0.4) is 0 Å². The van der Waals surface area contributed by atoms with E-state index >= 15 is 0 Å². The zero-order valence-electron chi connectivity index (χ0n) is 13.0. The lowest BCUT2D eigenvalue weighted by Crippen LogP contribution is -2.28. The van der Waals surface area contributed by atoms with Crippen LogP contribution < -0.4 is 5.32 Å². The molecule has 116 valence electrons. The van der Waals surface area contributed by atoms with Crippen molar-refractivity contribution in [1.82, 2.24) is 5.32 Å². The molecule has 4 aromatic carbocycles. The summed E-state index contributed by atoms with van der Waals surface area (Å²) in [6.45, 7) is 0. The Hall–Kier alpha value is -2.81. The van der Waals surface area contributed by atoms with Crippen LogP contribution in [0.2, 0.25) is 0 Å². The molecule has 1 fully saturated rings. The molecule has 0 unspecified atom stereocenters. The molecule has 2 atom stereocenters. The number of amides is 1. The summed E-state index contributed by atoms with van der Waals surface area (Å²) in [7, 11) is 0. The number of aryl methyl sites for hydroxylation is 1. The van der Waals surface area contributed by atoms with Gasteiger partial charge in [-0.05, 0) is 56.3 Å². The van der Waals surface area contributed by atoms with Gasteiger partial charge in [-0.2, -0.15) is 0 Å². The van der Waals surface area contributed by atoms with Gasteiger partial charge in [0.1, 0.15) is 6.10 Å². The predicted octanol–water partition coefficient (Wildman–Crippen LogP) is 4.68. The monoisotopic (exact) mass is 313 g/mol. The minimum Gasteiger partial charge on any atom is -0.444 e. The molecule has 1 aliphatic heterocycles. The largest absolute Gasteiger partial charge is 0.444 e. The van der Waals surface area contributed by atoms with E-state index in [1.54, 1.807) is 0 Å². The van der Waals surface area contributed by atoms with Crippen molar-refractivity contribution in [3.8, 4) is 0 Å². The van der Waals surface area contributed by atoms with Crippen molar-refractivity contribution in [1.29, 1.82) is 0 Å². The van der Waals surface area contributed by atoms with Crippen molar-refractivity contribution in [3.63, 3.8) is 0 Å². The van der Waals surface area contributed by atoms with E-state index in [-0.39, 0.29) is 18.2 Å². The van der Waals surface area contributed by atoms with Crippen LogP contribution in [0.1, 0.15) is 23.6 Å². The molecule has 6 rings (SSSR count). The van der Waals surface area contributed by atoms with Crippen molar-refractivity contribution in [3.05, 3.63) is 59.7 Å². The maximum atomic E-state index is 11.8. The Bertz CT molecular complexity index is 1130. The van der Waals surface area contributed by atoms with Gasteiger partial charge in [-0.1, -0.05) is 48.5 Å². The number of hydrogen-bond acceptors (Lipinski definition) is 2. The van der Waals surface area contributed by atoms with Crippen LogP contribution in [0.15, 0.2) is 48.5 Å². The molecule has 24 heavy (non-hydrogen) atoms. The first-order chi connectivity index (χ1) is 11.8. The minimum absolute atomic E-state index is 0.0224.